The van der Waals surface area contributed by atoms with Crippen LogP contribution in [0.1, 0.15) is 23.6 Å². The van der Waals surface area contributed by atoms with Gasteiger partial charge in [0.2, 0.25) is 0 Å². The van der Waals surface area contributed by atoms with E-state index in [9.17, 15) is 4.79 Å². The largest absolute Gasteiger partial charge is 0.483 e. The Morgan fingerprint density at radius 1 is 1.00 bits per heavy atom. The van der Waals surface area contributed by atoms with E-state index in [-0.39, 0.29) is 12.5 Å². The van der Waals surface area contributed by atoms with Crippen LogP contribution in [-0.4, -0.2) is 24.0 Å². The smallest absolute Gasteiger partial charge is 0.260 e. The molecule has 0 aliphatic carbocycles. The van der Waals surface area contributed by atoms with Crippen molar-refractivity contribution < 1.29 is 9.53 Å². The van der Waals surface area contributed by atoms with Gasteiger partial charge in [0.15, 0.2) is 6.61 Å². The summed E-state index contributed by atoms with van der Waals surface area (Å²) in [6.07, 6.45) is 0. The first-order chi connectivity index (χ1) is 10.6. The summed E-state index contributed by atoms with van der Waals surface area (Å²) < 4.78 is 5.76. The number of likely N-dealkylation sites (N-methyl/N-ethyl adjacent to an activating group) is 1. The summed E-state index contributed by atoms with van der Waals surface area (Å²) in [5.74, 6) is 0.820. The average Bonchev–Trinajstić information content (AvgIpc) is 2.53. The summed E-state index contributed by atoms with van der Waals surface area (Å²) in [6, 6.07) is 16.0. The first-order valence-corrected chi connectivity index (χ1v) is 7.62. The van der Waals surface area contributed by atoms with Crippen molar-refractivity contribution in [1.29, 1.82) is 0 Å². The fraction of sp³-hybridized carbons (Fsp3) is 0.316. The summed E-state index contributed by atoms with van der Waals surface area (Å²) in [4.78, 5) is 14.2. The van der Waals surface area contributed by atoms with E-state index in [0.29, 0.717) is 13.1 Å². The quantitative estimate of drug-likeness (QED) is 0.813. The van der Waals surface area contributed by atoms with E-state index < -0.39 is 0 Å². The van der Waals surface area contributed by atoms with Gasteiger partial charge in [0, 0.05) is 13.1 Å². The summed E-state index contributed by atoms with van der Waals surface area (Å²) in [6.45, 7) is 7.34. The number of aryl methyl sites for hydroxylation is 2. The van der Waals surface area contributed by atoms with Crippen molar-refractivity contribution in [1.82, 2.24) is 4.90 Å². The van der Waals surface area contributed by atoms with Crippen LogP contribution in [0.2, 0.25) is 0 Å². The van der Waals surface area contributed by atoms with Crippen molar-refractivity contribution in [3.05, 3.63) is 65.2 Å². The molecule has 0 aromatic heterocycles. The highest BCUT2D eigenvalue weighted by molar-refractivity contribution is 5.77. The zero-order chi connectivity index (χ0) is 15.9. The van der Waals surface area contributed by atoms with Crippen LogP contribution in [0.3, 0.4) is 0 Å². The lowest BCUT2D eigenvalue weighted by Crippen LogP contribution is -2.34. The molecule has 0 heterocycles. The van der Waals surface area contributed by atoms with Crippen LogP contribution in [0.15, 0.2) is 48.5 Å². The molecular formula is C19H23NO2. The Morgan fingerprint density at radius 2 is 1.64 bits per heavy atom. The molecule has 0 saturated carbocycles. The topological polar surface area (TPSA) is 29.5 Å². The monoisotopic (exact) mass is 297 g/mol. The molecule has 2 aromatic rings. The number of hydrogen-bond donors (Lipinski definition) is 0. The van der Waals surface area contributed by atoms with E-state index in [1.807, 2.05) is 74.2 Å². The molecule has 0 spiro atoms. The number of benzene rings is 2. The maximum Gasteiger partial charge on any atom is 0.260 e. The Morgan fingerprint density at radius 3 is 2.23 bits per heavy atom. The summed E-state index contributed by atoms with van der Waals surface area (Å²) in [5.41, 5.74) is 3.24. The number of rotatable bonds is 6. The molecule has 2 rings (SSSR count). The van der Waals surface area contributed by atoms with Crippen LogP contribution in [0, 0.1) is 13.8 Å². The maximum absolute atomic E-state index is 12.4. The average molecular weight is 297 g/mol. The Labute approximate surface area is 132 Å². The van der Waals surface area contributed by atoms with E-state index >= 15 is 0 Å². The summed E-state index contributed by atoms with van der Waals surface area (Å²) in [5, 5.41) is 0. The Bertz CT molecular complexity index is 602. The molecule has 1 amide bonds. The Balaban J connectivity index is 1.98. The molecule has 0 aliphatic heterocycles. The Kier molecular flexibility index (Phi) is 5.59. The zero-order valence-corrected chi connectivity index (χ0v) is 13.5. The highest BCUT2D eigenvalue weighted by Crippen LogP contribution is 2.22. The van der Waals surface area contributed by atoms with Gasteiger partial charge in [0.25, 0.3) is 5.91 Å². The lowest BCUT2D eigenvalue weighted by molar-refractivity contribution is -0.133. The standard InChI is InChI=1S/C19H23NO2/c1-4-20(13-17-11-6-5-7-12-17)18(21)14-22-19-15(2)9-8-10-16(19)3/h5-12H,4,13-14H2,1-3H3. The third-order valence-corrected chi connectivity index (χ3v) is 3.70. The normalized spacial score (nSPS) is 10.3. The molecule has 3 nitrogen and oxygen atoms in total. The third-order valence-electron chi connectivity index (χ3n) is 3.70. The zero-order valence-electron chi connectivity index (χ0n) is 13.5. The van der Waals surface area contributed by atoms with Crippen molar-refractivity contribution >= 4 is 5.91 Å². The fourth-order valence-corrected chi connectivity index (χ4v) is 2.43. The molecule has 0 N–H and O–H groups in total. The predicted octanol–water partition coefficient (Wildman–Crippen LogP) is 3.73. The highest BCUT2D eigenvalue weighted by atomic mass is 16.5. The molecule has 0 fully saturated rings. The van der Waals surface area contributed by atoms with E-state index in [0.717, 1.165) is 22.4 Å². The van der Waals surface area contributed by atoms with Crippen molar-refractivity contribution in [2.45, 2.75) is 27.3 Å². The molecule has 22 heavy (non-hydrogen) atoms. The van der Waals surface area contributed by atoms with Gasteiger partial charge in [0.05, 0.1) is 0 Å². The van der Waals surface area contributed by atoms with E-state index in [1.54, 1.807) is 0 Å². The summed E-state index contributed by atoms with van der Waals surface area (Å²) in [7, 11) is 0. The van der Waals surface area contributed by atoms with E-state index in [4.69, 9.17) is 4.74 Å². The van der Waals surface area contributed by atoms with Crippen LogP contribution in [0.25, 0.3) is 0 Å². The number of carbonyl (C=O) groups excluding carboxylic acids is 1. The second-order valence-electron chi connectivity index (χ2n) is 5.40. The van der Waals surface area contributed by atoms with Crippen molar-refractivity contribution in [2.24, 2.45) is 0 Å². The van der Waals surface area contributed by atoms with Crippen LogP contribution >= 0.6 is 0 Å². The molecule has 116 valence electrons. The van der Waals surface area contributed by atoms with E-state index in [1.165, 1.54) is 0 Å². The van der Waals surface area contributed by atoms with Gasteiger partial charge < -0.3 is 9.64 Å². The molecule has 3 heteroatoms. The van der Waals surface area contributed by atoms with Gasteiger partial charge in [-0.15, -0.1) is 0 Å². The molecule has 0 saturated heterocycles. The number of hydrogen-bond acceptors (Lipinski definition) is 2. The minimum atomic E-state index is 0.00834. The summed E-state index contributed by atoms with van der Waals surface area (Å²) >= 11 is 0. The van der Waals surface area contributed by atoms with Gasteiger partial charge in [-0.2, -0.15) is 0 Å². The van der Waals surface area contributed by atoms with Gasteiger partial charge >= 0.3 is 0 Å². The van der Waals surface area contributed by atoms with Crippen LogP contribution in [0.4, 0.5) is 0 Å². The number of ether oxygens (including phenoxy) is 1. The number of para-hydroxylation sites is 1. The minimum absolute atomic E-state index is 0.00834. The first-order valence-electron chi connectivity index (χ1n) is 7.62. The number of nitrogens with zero attached hydrogens (tertiary/aromatic N) is 1. The second kappa shape index (κ2) is 7.64. The van der Waals surface area contributed by atoms with Crippen LogP contribution in [-0.2, 0) is 11.3 Å². The first kappa shape index (κ1) is 16.1. The van der Waals surface area contributed by atoms with Gasteiger partial charge in [0.1, 0.15) is 5.75 Å². The lowest BCUT2D eigenvalue weighted by atomic mass is 10.1. The van der Waals surface area contributed by atoms with Gasteiger partial charge in [-0.1, -0.05) is 48.5 Å². The van der Waals surface area contributed by atoms with Crippen molar-refractivity contribution in [2.75, 3.05) is 13.2 Å². The molecule has 0 radical (unpaired) electrons. The predicted molar refractivity (Wildman–Crippen MR) is 88.9 cm³/mol. The van der Waals surface area contributed by atoms with Crippen LogP contribution < -0.4 is 4.74 Å². The van der Waals surface area contributed by atoms with Gasteiger partial charge in [-0.3, -0.25) is 4.79 Å². The molecule has 0 atom stereocenters. The van der Waals surface area contributed by atoms with E-state index in [2.05, 4.69) is 0 Å². The van der Waals surface area contributed by atoms with Crippen molar-refractivity contribution in [3.8, 4) is 5.75 Å². The number of carbonyl (C=O) groups is 1. The number of amides is 1. The second-order valence-corrected chi connectivity index (χ2v) is 5.40. The molecule has 0 bridgehead atoms. The molecule has 2 aromatic carbocycles. The third kappa shape index (κ3) is 4.10. The maximum atomic E-state index is 12.4. The fourth-order valence-electron chi connectivity index (χ4n) is 2.43. The van der Waals surface area contributed by atoms with Crippen LogP contribution in [0.5, 0.6) is 5.75 Å². The molecule has 0 aliphatic rings. The van der Waals surface area contributed by atoms with Gasteiger partial charge in [-0.25, -0.2) is 0 Å². The SMILES string of the molecule is CCN(Cc1ccccc1)C(=O)COc1c(C)cccc1C. The van der Waals surface area contributed by atoms with Gasteiger partial charge in [-0.05, 0) is 37.5 Å². The lowest BCUT2D eigenvalue weighted by Gasteiger charge is -2.21. The Hall–Kier alpha value is -2.29. The molecular weight excluding hydrogens is 274 g/mol. The minimum Gasteiger partial charge on any atom is -0.483 e. The van der Waals surface area contributed by atoms with Crippen molar-refractivity contribution in [3.63, 3.8) is 0 Å². The highest BCUT2D eigenvalue weighted by Gasteiger charge is 2.14. The molecule has 0 unspecified atom stereocenters.